The van der Waals surface area contributed by atoms with E-state index in [1.54, 1.807) is 0 Å². The maximum atomic E-state index is 12.9. The summed E-state index contributed by atoms with van der Waals surface area (Å²) in [6.45, 7) is 2.59. The van der Waals surface area contributed by atoms with Crippen molar-refractivity contribution in [2.45, 2.75) is 38.5 Å². The number of rotatable bonds is 7. The Bertz CT molecular complexity index is 668. The number of carbonyl (C=O) groups is 1. The van der Waals surface area contributed by atoms with Crippen LogP contribution < -0.4 is 10.6 Å². The van der Waals surface area contributed by atoms with Crippen molar-refractivity contribution in [3.8, 4) is 0 Å². The molecule has 0 saturated heterocycles. The molecule has 0 radical (unpaired) electrons. The lowest BCUT2D eigenvalue weighted by Crippen LogP contribution is -2.51. The number of carbonyl (C=O) groups excluding carboxylic acids is 1. The summed E-state index contributed by atoms with van der Waals surface area (Å²) in [4.78, 5) is 15.0. The zero-order valence-corrected chi connectivity index (χ0v) is 17.3. The second kappa shape index (κ2) is 7.63. The number of amides is 1. The van der Waals surface area contributed by atoms with E-state index in [1.807, 2.05) is 32.3 Å². The Morgan fingerprint density at radius 2 is 1.78 bits per heavy atom. The van der Waals surface area contributed by atoms with Crippen LogP contribution in [-0.4, -0.2) is 44.5 Å². The maximum absolute atomic E-state index is 12.9. The van der Waals surface area contributed by atoms with Crippen LogP contribution in [0.3, 0.4) is 0 Å². The summed E-state index contributed by atoms with van der Waals surface area (Å²) < 4.78 is 0. The lowest BCUT2D eigenvalue weighted by Gasteiger charge is -2.56. The molecule has 27 heavy (non-hydrogen) atoms. The molecule has 148 valence electrons. The summed E-state index contributed by atoms with van der Waals surface area (Å²) in [5, 5.41) is 7.13. The van der Waals surface area contributed by atoms with Gasteiger partial charge in [-0.15, -0.1) is 0 Å². The highest BCUT2D eigenvalue weighted by Crippen LogP contribution is 2.59. The normalized spacial score (nSPS) is 31.3. The van der Waals surface area contributed by atoms with Gasteiger partial charge in [0.25, 0.3) is 5.91 Å². The predicted octanol–water partition coefficient (Wildman–Crippen LogP) is 4.26. The molecular formula is C22H32ClN3O. The molecule has 1 aromatic rings. The summed E-state index contributed by atoms with van der Waals surface area (Å²) in [6, 6.07) is 5.64. The van der Waals surface area contributed by atoms with E-state index < -0.39 is 0 Å². The van der Waals surface area contributed by atoms with Crippen molar-refractivity contribution >= 4 is 23.2 Å². The van der Waals surface area contributed by atoms with Gasteiger partial charge in [-0.1, -0.05) is 11.6 Å². The van der Waals surface area contributed by atoms with E-state index in [4.69, 9.17) is 11.6 Å². The number of halogens is 1. The van der Waals surface area contributed by atoms with E-state index in [0.29, 0.717) is 16.0 Å². The SMILES string of the molecule is CN(C)CCNc1ccc(Cl)c(C(=O)NCC23CC4CC(CC(C4)C2)C3)c1. The molecule has 1 aromatic carbocycles. The van der Waals surface area contributed by atoms with Crippen LogP contribution in [0.25, 0.3) is 0 Å². The van der Waals surface area contributed by atoms with Crippen LogP contribution in [0.4, 0.5) is 5.69 Å². The second-order valence-electron chi connectivity index (χ2n) is 9.52. The van der Waals surface area contributed by atoms with Crippen molar-refractivity contribution in [1.82, 2.24) is 10.2 Å². The van der Waals surface area contributed by atoms with Crippen molar-refractivity contribution in [2.24, 2.45) is 23.2 Å². The number of hydrogen-bond acceptors (Lipinski definition) is 3. The first-order valence-electron chi connectivity index (χ1n) is 10.4. The first-order chi connectivity index (χ1) is 12.9. The van der Waals surface area contributed by atoms with E-state index in [1.165, 1.54) is 38.5 Å². The average molecular weight is 390 g/mol. The fourth-order valence-electron chi connectivity index (χ4n) is 6.10. The highest BCUT2D eigenvalue weighted by Gasteiger charge is 2.50. The molecule has 0 aliphatic heterocycles. The maximum Gasteiger partial charge on any atom is 0.252 e. The standard InChI is InChI=1S/C22H32ClN3O/c1-26(2)6-5-24-18-3-4-20(23)19(10-18)21(27)25-14-22-11-15-7-16(12-22)9-17(8-15)13-22/h3-4,10,15-17,24H,5-9,11-14H2,1-2H3,(H,25,27). The Morgan fingerprint density at radius 1 is 1.15 bits per heavy atom. The smallest absolute Gasteiger partial charge is 0.252 e. The Labute approximate surface area is 168 Å². The first-order valence-corrected chi connectivity index (χ1v) is 10.8. The van der Waals surface area contributed by atoms with E-state index >= 15 is 0 Å². The number of anilines is 1. The van der Waals surface area contributed by atoms with Crippen molar-refractivity contribution in [2.75, 3.05) is 39.0 Å². The molecule has 4 aliphatic carbocycles. The number of likely N-dealkylation sites (N-methyl/N-ethyl adjacent to an activating group) is 1. The van der Waals surface area contributed by atoms with Crippen LogP contribution in [0.2, 0.25) is 5.02 Å². The number of benzene rings is 1. The fourth-order valence-corrected chi connectivity index (χ4v) is 6.31. The Hall–Kier alpha value is -1.26. The van der Waals surface area contributed by atoms with Crippen molar-refractivity contribution in [1.29, 1.82) is 0 Å². The van der Waals surface area contributed by atoms with Crippen LogP contribution in [0, 0.1) is 23.2 Å². The topological polar surface area (TPSA) is 44.4 Å². The minimum Gasteiger partial charge on any atom is -0.384 e. The summed E-state index contributed by atoms with van der Waals surface area (Å²) in [6.07, 6.45) is 8.20. The molecule has 1 amide bonds. The monoisotopic (exact) mass is 389 g/mol. The molecule has 4 fully saturated rings. The van der Waals surface area contributed by atoms with Gasteiger partial charge in [0.2, 0.25) is 0 Å². The zero-order chi connectivity index (χ0) is 19.0. The predicted molar refractivity (Wildman–Crippen MR) is 111 cm³/mol. The van der Waals surface area contributed by atoms with Gasteiger partial charge in [-0.25, -0.2) is 0 Å². The van der Waals surface area contributed by atoms with Crippen LogP contribution in [0.15, 0.2) is 18.2 Å². The van der Waals surface area contributed by atoms with Gasteiger partial charge in [-0.3, -0.25) is 4.79 Å². The molecule has 0 spiro atoms. The summed E-state index contributed by atoms with van der Waals surface area (Å²) >= 11 is 6.33. The molecular weight excluding hydrogens is 358 g/mol. The second-order valence-corrected chi connectivity index (χ2v) is 9.93. The third kappa shape index (κ3) is 4.27. The minimum absolute atomic E-state index is 0.0352. The van der Waals surface area contributed by atoms with Gasteiger partial charge in [-0.05, 0) is 94.0 Å². The molecule has 4 aliphatic rings. The number of nitrogens with one attached hydrogen (secondary N) is 2. The molecule has 5 heteroatoms. The van der Waals surface area contributed by atoms with Gasteiger partial charge < -0.3 is 15.5 Å². The molecule has 0 aromatic heterocycles. The number of nitrogens with zero attached hydrogens (tertiary/aromatic N) is 1. The molecule has 4 bridgehead atoms. The Kier molecular flexibility index (Phi) is 5.39. The van der Waals surface area contributed by atoms with Gasteiger partial charge in [-0.2, -0.15) is 0 Å². The Balaban J connectivity index is 1.38. The van der Waals surface area contributed by atoms with Crippen molar-refractivity contribution in [3.63, 3.8) is 0 Å². The highest BCUT2D eigenvalue weighted by molar-refractivity contribution is 6.34. The van der Waals surface area contributed by atoms with Gasteiger partial charge >= 0.3 is 0 Å². The Morgan fingerprint density at radius 3 is 2.37 bits per heavy atom. The lowest BCUT2D eigenvalue weighted by atomic mass is 9.49. The quantitative estimate of drug-likeness (QED) is 0.732. The molecule has 4 nitrogen and oxygen atoms in total. The largest absolute Gasteiger partial charge is 0.384 e. The average Bonchev–Trinajstić information content (AvgIpc) is 2.60. The fraction of sp³-hybridized carbons (Fsp3) is 0.682. The lowest BCUT2D eigenvalue weighted by molar-refractivity contribution is -0.0503. The van der Waals surface area contributed by atoms with Gasteiger partial charge in [0.05, 0.1) is 10.6 Å². The molecule has 5 rings (SSSR count). The minimum atomic E-state index is -0.0352. The van der Waals surface area contributed by atoms with Crippen LogP contribution >= 0.6 is 11.6 Å². The van der Waals surface area contributed by atoms with Crippen LogP contribution in [-0.2, 0) is 0 Å². The van der Waals surface area contributed by atoms with Gasteiger partial charge in [0.15, 0.2) is 0 Å². The summed E-state index contributed by atoms with van der Waals surface area (Å²) in [7, 11) is 4.10. The van der Waals surface area contributed by atoms with E-state index in [0.717, 1.165) is 43.1 Å². The molecule has 0 unspecified atom stereocenters. The first kappa shape index (κ1) is 19.1. The number of hydrogen-bond donors (Lipinski definition) is 2. The third-order valence-electron chi connectivity index (χ3n) is 6.89. The van der Waals surface area contributed by atoms with E-state index in [9.17, 15) is 4.79 Å². The van der Waals surface area contributed by atoms with Gasteiger partial charge in [0, 0.05) is 25.3 Å². The van der Waals surface area contributed by atoms with Gasteiger partial charge in [0.1, 0.15) is 0 Å². The molecule has 4 saturated carbocycles. The van der Waals surface area contributed by atoms with E-state index in [2.05, 4.69) is 15.5 Å². The molecule has 0 atom stereocenters. The molecule has 0 heterocycles. The highest BCUT2D eigenvalue weighted by atomic mass is 35.5. The van der Waals surface area contributed by atoms with E-state index in [-0.39, 0.29) is 5.91 Å². The third-order valence-corrected chi connectivity index (χ3v) is 7.22. The molecule has 2 N–H and O–H groups in total. The summed E-state index contributed by atoms with van der Waals surface area (Å²) in [5.74, 6) is 2.68. The van der Waals surface area contributed by atoms with Crippen molar-refractivity contribution < 1.29 is 4.79 Å². The van der Waals surface area contributed by atoms with Crippen LogP contribution in [0.1, 0.15) is 48.9 Å². The van der Waals surface area contributed by atoms with Crippen molar-refractivity contribution in [3.05, 3.63) is 28.8 Å². The zero-order valence-electron chi connectivity index (χ0n) is 16.6. The van der Waals surface area contributed by atoms with Crippen LogP contribution in [0.5, 0.6) is 0 Å². The summed E-state index contributed by atoms with van der Waals surface area (Å²) in [5.41, 5.74) is 1.87.